The molecule has 0 aliphatic heterocycles. The predicted molar refractivity (Wildman–Crippen MR) is 95.8 cm³/mol. The number of rotatable bonds is 6. The molecule has 6 heteroatoms. The molecule has 2 aromatic carbocycles. The Morgan fingerprint density at radius 1 is 0.889 bits per heavy atom. The summed E-state index contributed by atoms with van der Waals surface area (Å²) in [7, 11) is 0. The van der Waals surface area contributed by atoms with Crippen molar-refractivity contribution in [2.75, 3.05) is 0 Å². The minimum Gasteiger partial charge on any atom is -0.472 e. The number of carbonyl (C=O) groups is 1. The average molecular weight is 373 g/mol. The highest BCUT2D eigenvalue weighted by Gasteiger charge is 2.29. The summed E-state index contributed by atoms with van der Waals surface area (Å²) in [6, 6.07) is 14.5. The summed E-state index contributed by atoms with van der Waals surface area (Å²) in [4.78, 5) is 12.0. The van der Waals surface area contributed by atoms with Gasteiger partial charge in [-0.2, -0.15) is 13.2 Å². The molecular weight excluding hydrogens is 355 g/mol. The summed E-state index contributed by atoms with van der Waals surface area (Å²) in [6.45, 7) is 0.400. The molecule has 0 fully saturated rings. The van der Waals surface area contributed by atoms with Gasteiger partial charge in [-0.1, -0.05) is 36.4 Å². The van der Waals surface area contributed by atoms with Gasteiger partial charge >= 0.3 is 6.18 Å². The Morgan fingerprint density at radius 3 is 2.15 bits per heavy atom. The third-order valence-corrected chi connectivity index (χ3v) is 4.22. The summed E-state index contributed by atoms with van der Waals surface area (Å²) in [5.74, 6) is -0.145. The molecule has 0 aliphatic rings. The number of hydrogen-bond donors (Lipinski definition) is 1. The fraction of sp³-hybridized carbons (Fsp3) is 0.190. The van der Waals surface area contributed by atoms with Crippen LogP contribution in [-0.2, 0) is 23.9 Å². The van der Waals surface area contributed by atoms with Crippen LogP contribution in [0.5, 0.6) is 0 Å². The Balaban J connectivity index is 1.46. The predicted octanol–water partition coefficient (Wildman–Crippen LogP) is 5.21. The van der Waals surface area contributed by atoms with Crippen molar-refractivity contribution >= 4 is 5.91 Å². The van der Waals surface area contributed by atoms with Gasteiger partial charge < -0.3 is 9.73 Å². The summed E-state index contributed by atoms with van der Waals surface area (Å²) in [6.07, 6.45) is -0.455. The molecule has 0 unspecified atom stereocenters. The largest absolute Gasteiger partial charge is 0.472 e. The maximum Gasteiger partial charge on any atom is 0.416 e. The second kappa shape index (κ2) is 8.12. The minimum absolute atomic E-state index is 0.145. The Bertz CT molecular complexity index is 867. The first kappa shape index (κ1) is 18.8. The number of furan rings is 1. The standard InChI is InChI=1S/C21H18F3NO2/c22-21(23,24)19-8-3-15(4-9-19)5-10-20(26)25-13-16-1-6-17(7-2-16)18-11-12-27-14-18/h1-4,6-9,11-12,14H,5,10,13H2,(H,25,26). The van der Waals surface area contributed by atoms with E-state index in [1.54, 1.807) is 12.5 Å². The summed E-state index contributed by atoms with van der Waals surface area (Å²) in [5, 5.41) is 2.82. The van der Waals surface area contributed by atoms with Crippen molar-refractivity contribution in [3.63, 3.8) is 0 Å². The molecular formula is C21H18F3NO2. The zero-order valence-corrected chi connectivity index (χ0v) is 14.4. The van der Waals surface area contributed by atoms with Crippen molar-refractivity contribution in [2.45, 2.75) is 25.6 Å². The molecule has 0 atom stereocenters. The molecule has 0 saturated heterocycles. The smallest absolute Gasteiger partial charge is 0.416 e. The number of halogens is 3. The highest BCUT2D eigenvalue weighted by Crippen LogP contribution is 2.29. The third kappa shape index (κ3) is 5.23. The van der Waals surface area contributed by atoms with E-state index in [1.165, 1.54) is 12.1 Å². The fourth-order valence-corrected chi connectivity index (χ4v) is 2.65. The maximum atomic E-state index is 12.5. The van der Waals surface area contributed by atoms with E-state index in [0.717, 1.165) is 28.8 Å². The SMILES string of the molecule is O=C(CCc1ccc(C(F)(F)F)cc1)NCc1ccc(-c2ccoc2)cc1. The number of amides is 1. The average Bonchev–Trinajstić information content (AvgIpc) is 3.19. The summed E-state index contributed by atoms with van der Waals surface area (Å²) in [5.41, 5.74) is 2.99. The first-order valence-electron chi connectivity index (χ1n) is 8.46. The van der Waals surface area contributed by atoms with Crippen LogP contribution in [0.4, 0.5) is 13.2 Å². The lowest BCUT2D eigenvalue weighted by molar-refractivity contribution is -0.137. The normalized spacial score (nSPS) is 11.4. The monoisotopic (exact) mass is 373 g/mol. The van der Waals surface area contributed by atoms with E-state index in [4.69, 9.17) is 4.42 Å². The van der Waals surface area contributed by atoms with Gasteiger partial charge in [-0.15, -0.1) is 0 Å². The van der Waals surface area contributed by atoms with E-state index in [9.17, 15) is 18.0 Å². The maximum absolute atomic E-state index is 12.5. The Labute approximate surface area is 154 Å². The van der Waals surface area contributed by atoms with Crippen molar-refractivity contribution in [3.8, 4) is 11.1 Å². The number of hydrogen-bond acceptors (Lipinski definition) is 2. The molecule has 1 aromatic heterocycles. The molecule has 1 heterocycles. The van der Waals surface area contributed by atoms with Crippen LogP contribution in [-0.4, -0.2) is 5.91 Å². The van der Waals surface area contributed by atoms with Crippen molar-refractivity contribution < 1.29 is 22.4 Å². The molecule has 0 aliphatic carbocycles. The molecule has 27 heavy (non-hydrogen) atoms. The first-order chi connectivity index (χ1) is 12.9. The van der Waals surface area contributed by atoms with Gasteiger partial charge in [0.2, 0.25) is 5.91 Å². The van der Waals surface area contributed by atoms with Crippen molar-refractivity contribution in [1.29, 1.82) is 0 Å². The summed E-state index contributed by atoms with van der Waals surface area (Å²) < 4.78 is 42.6. The number of aryl methyl sites for hydroxylation is 1. The van der Waals surface area contributed by atoms with Crippen molar-refractivity contribution in [2.24, 2.45) is 0 Å². The second-order valence-corrected chi connectivity index (χ2v) is 6.18. The quantitative estimate of drug-likeness (QED) is 0.644. The topological polar surface area (TPSA) is 42.2 Å². The molecule has 3 nitrogen and oxygen atoms in total. The molecule has 0 spiro atoms. The van der Waals surface area contributed by atoms with Gasteiger partial charge in [0, 0.05) is 18.5 Å². The Morgan fingerprint density at radius 2 is 1.56 bits per heavy atom. The van der Waals surface area contributed by atoms with Gasteiger partial charge in [0.15, 0.2) is 0 Å². The van der Waals surface area contributed by atoms with Gasteiger partial charge in [-0.3, -0.25) is 4.79 Å². The van der Waals surface area contributed by atoms with Crippen LogP contribution < -0.4 is 5.32 Å². The number of carbonyl (C=O) groups excluding carboxylic acids is 1. The Kier molecular flexibility index (Phi) is 5.64. The fourth-order valence-electron chi connectivity index (χ4n) is 2.65. The number of alkyl halides is 3. The molecule has 1 N–H and O–H groups in total. The molecule has 3 rings (SSSR count). The van der Waals surface area contributed by atoms with Crippen LogP contribution in [0, 0.1) is 0 Å². The molecule has 140 valence electrons. The van der Waals surface area contributed by atoms with E-state index < -0.39 is 11.7 Å². The van der Waals surface area contributed by atoms with E-state index in [1.807, 2.05) is 30.3 Å². The third-order valence-electron chi connectivity index (χ3n) is 4.22. The molecule has 0 saturated carbocycles. The van der Waals surface area contributed by atoms with Crippen molar-refractivity contribution in [3.05, 3.63) is 83.8 Å². The van der Waals surface area contributed by atoms with E-state index in [0.29, 0.717) is 18.5 Å². The molecule has 3 aromatic rings. The van der Waals surface area contributed by atoms with Gasteiger partial charge in [0.25, 0.3) is 0 Å². The van der Waals surface area contributed by atoms with Crippen molar-refractivity contribution in [1.82, 2.24) is 5.32 Å². The zero-order chi connectivity index (χ0) is 19.3. The zero-order valence-electron chi connectivity index (χ0n) is 14.4. The second-order valence-electron chi connectivity index (χ2n) is 6.18. The van der Waals surface area contributed by atoms with Crippen LogP contribution in [0.1, 0.15) is 23.1 Å². The van der Waals surface area contributed by atoms with Crippen LogP contribution in [0.2, 0.25) is 0 Å². The van der Waals surface area contributed by atoms with Gasteiger partial charge in [0.05, 0.1) is 18.1 Å². The summed E-state index contributed by atoms with van der Waals surface area (Å²) >= 11 is 0. The highest BCUT2D eigenvalue weighted by atomic mass is 19.4. The van der Waals surface area contributed by atoms with Crippen LogP contribution >= 0.6 is 0 Å². The van der Waals surface area contributed by atoms with Crippen LogP contribution in [0.25, 0.3) is 11.1 Å². The van der Waals surface area contributed by atoms with Crippen LogP contribution in [0.3, 0.4) is 0 Å². The van der Waals surface area contributed by atoms with Gasteiger partial charge in [-0.25, -0.2) is 0 Å². The van der Waals surface area contributed by atoms with E-state index >= 15 is 0 Å². The van der Waals surface area contributed by atoms with Gasteiger partial charge in [0.1, 0.15) is 0 Å². The first-order valence-corrected chi connectivity index (χ1v) is 8.46. The number of nitrogens with one attached hydrogen (secondary N) is 1. The lowest BCUT2D eigenvalue weighted by Gasteiger charge is -2.08. The molecule has 0 radical (unpaired) electrons. The van der Waals surface area contributed by atoms with E-state index in [-0.39, 0.29) is 12.3 Å². The van der Waals surface area contributed by atoms with Crippen LogP contribution in [0.15, 0.2) is 71.5 Å². The molecule has 0 bridgehead atoms. The minimum atomic E-state index is -4.34. The van der Waals surface area contributed by atoms with Gasteiger partial charge in [-0.05, 0) is 41.3 Å². The lowest BCUT2D eigenvalue weighted by atomic mass is 10.1. The highest BCUT2D eigenvalue weighted by molar-refractivity contribution is 5.76. The Hall–Kier alpha value is -3.02. The molecule has 1 amide bonds. The lowest BCUT2D eigenvalue weighted by Crippen LogP contribution is -2.22. The number of benzene rings is 2. The van der Waals surface area contributed by atoms with E-state index in [2.05, 4.69) is 5.32 Å².